The number of benzene rings is 1. The number of fused-ring (bicyclic) bond motifs is 1. The topological polar surface area (TPSA) is 63.0 Å². The van der Waals surface area contributed by atoms with Gasteiger partial charge in [0.2, 0.25) is 5.91 Å². The minimum absolute atomic E-state index is 0.0511. The SMILES string of the molecule is CCC(C)N(CC(=O)N1CCc2sccc2C1COc1cccc(F)c1)C(=O)c1ccco1. The molecule has 4 rings (SSSR count). The van der Waals surface area contributed by atoms with Gasteiger partial charge in [-0.1, -0.05) is 13.0 Å². The molecule has 2 amide bonds. The Morgan fingerprint density at radius 3 is 2.88 bits per heavy atom. The average molecular weight is 471 g/mol. The summed E-state index contributed by atoms with van der Waals surface area (Å²) in [6.07, 6.45) is 2.91. The zero-order valence-corrected chi connectivity index (χ0v) is 19.5. The third-order valence-corrected chi connectivity index (χ3v) is 7.04. The van der Waals surface area contributed by atoms with Crippen LogP contribution in [0.4, 0.5) is 4.39 Å². The molecule has 2 atom stereocenters. The highest BCUT2D eigenvalue weighted by Crippen LogP contribution is 2.34. The van der Waals surface area contributed by atoms with Crippen LogP contribution in [0.25, 0.3) is 0 Å². The van der Waals surface area contributed by atoms with Crippen LogP contribution in [0.5, 0.6) is 5.75 Å². The smallest absolute Gasteiger partial charge is 0.290 e. The van der Waals surface area contributed by atoms with Crippen LogP contribution in [0.2, 0.25) is 0 Å². The molecule has 8 heteroatoms. The summed E-state index contributed by atoms with van der Waals surface area (Å²) >= 11 is 1.66. The average Bonchev–Trinajstić information content (AvgIpc) is 3.52. The maximum Gasteiger partial charge on any atom is 0.290 e. The van der Waals surface area contributed by atoms with Gasteiger partial charge in [0.25, 0.3) is 5.91 Å². The Bertz CT molecular complexity index is 1100. The third kappa shape index (κ3) is 5.11. The fourth-order valence-electron chi connectivity index (χ4n) is 4.03. The summed E-state index contributed by atoms with van der Waals surface area (Å²) in [6, 6.07) is 10.8. The summed E-state index contributed by atoms with van der Waals surface area (Å²) in [7, 11) is 0. The van der Waals surface area contributed by atoms with Crippen LogP contribution < -0.4 is 4.74 Å². The Morgan fingerprint density at radius 2 is 2.15 bits per heavy atom. The molecule has 0 N–H and O–H groups in total. The zero-order valence-electron chi connectivity index (χ0n) is 18.7. The molecule has 2 unspecified atom stereocenters. The fourth-order valence-corrected chi connectivity index (χ4v) is 4.96. The molecule has 6 nitrogen and oxygen atoms in total. The Kier molecular flexibility index (Phi) is 7.13. The third-order valence-electron chi connectivity index (χ3n) is 6.04. The molecule has 3 heterocycles. The fraction of sp³-hybridized carbons (Fsp3) is 0.360. The first-order chi connectivity index (χ1) is 16.0. The Labute approximate surface area is 196 Å². The van der Waals surface area contributed by atoms with E-state index in [9.17, 15) is 14.0 Å². The van der Waals surface area contributed by atoms with E-state index in [0.717, 1.165) is 12.0 Å². The second kappa shape index (κ2) is 10.2. The largest absolute Gasteiger partial charge is 0.491 e. The van der Waals surface area contributed by atoms with Crippen LogP contribution in [0, 0.1) is 5.82 Å². The standard InChI is InChI=1S/C25H27FN2O4S/c1-3-17(2)28(25(30)22-8-5-12-31-22)15-24(29)27-11-9-23-20(10-13-33-23)21(27)16-32-19-7-4-6-18(26)14-19/h4-8,10,12-14,17,21H,3,9,11,15-16H2,1-2H3. The number of carbonyl (C=O) groups excluding carboxylic acids is 2. The second-order valence-electron chi connectivity index (χ2n) is 8.09. The first-order valence-corrected chi connectivity index (χ1v) is 11.9. The van der Waals surface area contributed by atoms with Crippen LogP contribution in [-0.2, 0) is 11.2 Å². The van der Waals surface area contributed by atoms with Crippen molar-refractivity contribution in [3.05, 3.63) is 76.1 Å². The van der Waals surface area contributed by atoms with Crippen molar-refractivity contribution in [2.24, 2.45) is 0 Å². The van der Waals surface area contributed by atoms with E-state index < -0.39 is 0 Å². The number of thiophene rings is 1. The van der Waals surface area contributed by atoms with Gasteiger partial charge in [0.15, 0.2) is 5.76 Å². The van der Waals surface area contributed by atoms with Crippen molar-refractivity contribution >= 4 is 23.2 Å². The number of amides is 2. The lowest BCUT2D eigenvalue weighted by atomic mass is 10.00. The lowest BCUT2D eigenvalue weighted by Gasteiger charge is -2.38. The first kappa shape index (κ1) is 23.0. The molecule has 0 radical (unpaired) electrons. The van der Waals surface area contributed by atoms with Gasteiger partial charge >= 0.3 is 0 Å². The van der Waals surface area contributed by atoms with Crippen molar-refractivity contribution < 1.29 is 23.1 Å². The summed E-state index contributed by atoms with van der Waals surface area (Å²) in [4.78, 5) is 31.1. The van der Waals surface area contributed by atoms with Crippen LogP contribution in [0.3, 0.4) is 0 Å². The molecule has 174 valence electrons. The van der Waals surface area contributed by atoms with Crippen LogP contribution in [0.15, 0.2) is 58.5 Å². The normalized spacial score (nSPS) is 16.2. The van der Waals surface area contributed by atoms with Crippen molar-refractivity contribution in [2.75, 3.05) is 19.7 Å². The van der Waals surface area contributed by atoms with Gasteiger partial charge in [-0.15, -0.1) is 11.3 Å². The number of carbonyl (C=O) groups is 2. The molecule has 0 bridgehead atoms. The van der Waals surface area contributed by atoms with E-state index in [0.29, 0.717) is 18.7 Å². The molecule has 0 aliphatic carbocycles. The highest BCUT2D eigenvalue weighted by atomic mass is 32.1. The summed E-state index contributed by atoms with van der Waals surface area (Å²) in [5.74, 6) is -0.198. The number of ether oxygens (including phenoxy) is 1. The zero-order chi connectivity index (χ0) is 23.4. The predicted octanol–water partition coefficient (Wildman–Crippen LogP) is 4.93. The summed E-state index contributed by atoms with van der Waals surface area (Å²) in [5, 5.41) is 2.01. The molecule has 1 aliphatic heterocycles. The van der Waals surface area contributed by atoms with Gasteiger partial charge in [0.05, 0.1) is 12.3 Å². The van der Waals surface area contributed by atoms with Gasteiger partial charge in [-0.05, 0) is 61.0 Å². The van der Waals surface area contributed by atoms with E-state index in [1.54, 1.807) is 45.4 Å². The van der Waals surface area contributed by atoms with E-state index in [2.05, 4.69) is 0 Å². The van der Waals surface area contributed by atoms with Gasteiger partial charge in [-0.3, -0.25) is 9.59 Å². The maximum absolute atomic E-state index is 13.6. The number of nitrogens with zero attached hydrogens (tertiary/aromatic N) is 2. The van der Waals surface area contributed by atoms with E-state index in [1.165, 1.54) is 23.3 Å². The highest BCUT2D eigenvalue weighted by Gasteiger charge is 2.34. The molecule has 0 fully saturated rings. The van der Waals surface area contributed by atoms with Crippen LogP contribution in [-0.4, -0.2) is 47.4 Å². The van der Waals surface area contributed by atoms with Gasteiger partial charge in [0, 0.05) is 23.5 Å². The lowest BCUT2D eigenvalue weighted by molar-refractivity contribution is -0.136. The van der Waals surface area contributed by atoms with Crippen molar-refractivity contribution in [1.29, 1.82) is 0 Å². The summed E-state index contributed by atoms with van der Waals surface area (Å²) < 4.78 is 24.8. The molecule has 0 spiro atoms. The molecular weight excluding hydrogens is 443 g/mol. The molecule has 33 heavy (non-hydrogen) atoms. The number of rotatable bonds is 8. The van der Waals surface area contributed by atoms with Gasteiger partial charge in [0.1, 0.15) is 24.7 Å². The molecule has 1 aliphatic rings. The first-order valence-electron chi connectivity index (χ1n) is 11.1. The van der Waals surface area contributed by atoms with Crippen molar-refractivity contribution in [1.82, 2.24) is 9.80 Å². The molecule has 0 saturated heterocycles. The van der Waals surface area contributed by atoms with Crippen LogP contribution in [0.1, 0.15) is 47.3 Å². The molecule has 2 aromatic heterocycles. The van der Waals surface area contributed by atoms with Crippen molar-refractivity contribution in [3.63, 3.8) is 0 Å². The predicted molar refractivity (Wildman–Crippen MR) is 124 cm³/mol. The maximum atomic E-state index is 13.6. The van der Waals surface area contributed by atoms with Crippen molar-refractivity contribution in [3.8, 4) is 5.75 Å². The monoisotopic (exact) mass is 470 g/mol. The number of furan rings is 1. The quantitative estimate of drug-likeness (QED) is 0.469. The number of halogens is 1. The van der Waals surface area contributed by atoms with E-state index in [4.69, 9.17) is 9.15 Å². The Hall–Kier alpha value is -3.13. The van der Waals surface area contributed by atoms with E-state index in [-0.39, 0.29) is 48.6 Å². The number of hydrogen-bond donors (Lipinski definition) is 0. The number of hydrogen-bond acceptors (Lipinski definition) is 5. The molecule has 3 aromatic rings. The molecule has 1 aromatic carbocycles. The Morgan fingerprint density at radius 1 is 1.30 bits per heavy atom. The van der Waals surface area contributed by atoms with Gasteiger partial charge in [-0.2, -0.15) is 0 Å². The van der Waals surface area contributed by atoms with E-state index in [1.807, 2.05) is 25.3 Å². The summed E-state index contributed by atoms with van der Waals surface area (Å²) in [6.45, 7) is 4.59. The van der Waals surface area contributed by atoms with E-state index >= 15 is 0 Å². The molecular formula is C25H27FN2O4S. The van der Waals surface area contributed by atoms with Gasteiger partial charge in [-0.25, -0.2) is 4.39 Å². The molecule has 0 saturated carbocycles. The minimum Gasteiger partial charge on any atom is -0.491 e. The van der Waals surface area contributed by atoms with Crippen molar-refractivity contribution in [2.45, 2.75) is 38.8 Å². The minimum atomic E-state index is -0.374. The van der Waals surface area contributed by atoms with Crippen LogP contribution >= 0.6 is 11.3 Å². The Balaban J connectivity index is 1.54. The lowest BCUT2D eigenvalue weighted by Crippen LogP contribution is -2.49. The highest BCUT2D eigenvalue weighted by molar-refractivity contribution is 7.10. The van der Waals surface area contributed by atoms with Gasteiger partial charge < -0.3 is 19.0 Å². The summed E-state index contributed by atoms with van der Waals surface area (Å²) in [5.41, 5.74) is 1.04. The second-order valence-corrected chi connectivity index (χ2v) is 9.09.